The minimum Gasteiger partial charge on any atom is -0.371 e. The van der Waals surface area contributed by atoms with Crippen molar-refractivity contribution < 1.29 is 17.6 Å². The quantitative estimate of drug-likeness (QED) is 0.661. The molecule has 2 saturated heterocycles. The molecule has 0 bridgehead atoms. The van der Waals surface area contributed by atoms with Crippen molar-refractivity contribution >= 4 is 21.6 Å². The predicted octanol–water partition coefficient (Wildman–Crippen LogP) is 3.96. The van der Waals surface area contributed by atoms with Gasteiger partial charge in [-0.2, -0.15) is 4.31 Å². The first-order valence-corrected chi connectivity index (χ1v) is 13.3. The van der Waals surface area contributed by atoms with E-state index in [0.717, 1.165) is 62.9 Å². The third kappa shape index (κ3) is 5.73. The molecular weight excluding hydrogens is 441 g/mol. The first-order chi connectivity index (χ1) is 15.9. The van der Waals surface area contributed by atoms with Crippen LogP contribution in [0.5, 0.6) is 0 Å². The zero-order chi connectivity index (χ0) is 23.3. The maximum absolute atomic E-state index is 13.2. The smallest absolute Gasteiger partial charge is 0.253 e. The van der Waals surface area contributed by atoms with Crippen molar-refractivity contribution in [3.05, 3.63) is 59.4 Å². The van der Waals surface area contributed by atoms with Gasteiger partial charge in [-0.05, 0) is 74.4 Å². The molecule has 0 radical (unpaired) electrons. The highest BCUT2D eigenvalue weighted by Crippen LogP contribution is 2.29. The number of piperidine rings is 2. The number of carbonyl (C=O) groups excluding carboxylic acids is 1. The van der Waals surface area contributed by atoms with Gasteiger partial charge in [0.05, 0.1) is 10.5 Å². The topological polar surface area (TPSA) is 69.7 Å². The van der Waals surface area contributed by atoms with Gasteiger partial charge in [0.2, 0.25) is 10.0 Å². The van der Waals surface area contributed by atoms with E-state index in [2.05, 4.69) is 10.2 Å². The largest absolute Gasteiger partial charge is 0.371 e. The molecule has 8 heteroatoms. The molecule has 6 nitrogen and oxygen atoms in total. The van der Waals surface area contributed by atoms with Crippen LogP contribution in [0.3, 0.4) is 0 Å². The monoisotopic (exact) mass is 473 g/mol. The Morgan fingerprint density at radius 1 is 0.879 bits per heavy atom. The normalized spacial score (nSPS) is 17.7. The minimum absolute atomic E-state index is 0.175. The fourth-order valence-corrected chi connectivity index (χ4v) is 6.13. The molecule has 4 rings (SSSR count). The van der Waals surface area contributed by atoms with Crippen molar-refractivity contribution in [2.75, 3.05) is 37.6 Å². The Hall–Kier alpha value is -2.45. The zero-order valence-corrected chi connectivity index (χ0v) is 19.7. The molecule has 0 spiro atoms. The van der Waals surface area contributed by atoms with Crippen molar-refractivity contribution in [2.45, 2.75) is 49.8 Å². The van der Waals surface area contributed by atoms with Crippen LogP contribution in [0.1, 0.15) is 54.4 Å². The summed E-state index contributed by atoms with van der Waals surface area (Å²) in [6.07, 6.45) is 6.61. The summed E-state index contributed by atoms with van der Waals surface area (Å²) in [5.74, 6) is -0.575. The third-order valence-corrected chi connectivity index (χ3v) is 8.37. The number of halogens is 1. The van der Waals surface area contributed by atoms with E-state index in [1.807, 2.05) is 0 Å². The maximum Gasteiger partial charge on any atom is 0.253 e. The lowest BCUT2D eigenvalue weighted by Gasteiger charge is -2.31. The molecule has 2 aliphatic heterocycles. The Morgan fingerprint density at radius 2 is 1.52 bits per heavy atom. The van der Waals surface area contributed by atoms with E-state index in [1.165, 1.54) is 16.4 Å². The number of sulfonamides is 1. The Morgan fingerprint density at radius 3 is 2.18 bits per heavy atom. The average Bonchev–Trinajstić information content (AvgIpc) is 2.86. The van der Waals surface area contributed by atoms with Gasteiger partial charge >= 0.3 is 0 Å². The van der Waals surface area contributed by atoms with E-state index in [1.54, 1.807) is 30.3 Å². The number of hydrogen-bond donors (Lipinski definition) is 1. The van der Waals surface area contributed by atoms with Gasteiger partial charge in [0.15, 0.2) is 0 Å². The molecule has 0 unspecified atom stereocenters. The van der Waals surface area contributed by atoms with E-state index in [9.17, 15) is 17.6 Å². The molecule has 0 atom stereocenters. The summed E-state index contributed by atoms with van der Waals surface area (Å²) < 4.78 is 41.1. The fraction of sp³-hybridized carbons (Fsp3) is 0.480. The number of hydrogen-bond acceptors (Lipinski definition) is 4. The lowest BCUT2D eigenvalue weighted by Crippen LogP contribution is -2.36. The molecule has 0 aromatic heterocycles. The van der Waals surface area contributed by atoms with Crippen LogP contribution in [-0.2, 0) is 16.4 Å². The Kier molecular flexibility index (Phi) is 7.65. The highest BCUT2D eigenvalue weighted by molar-refractivity contribution is 7.89. The summed E-state index contributed by atoms with van der Waals surface area (Å²) in [6.45, 7) is 3.14. The van der Waals surface area contributed by atoms with Gasteiger partial charge in [-0.3, -0.25) is 4.79 Å². The lowest BCUT2D eigenvalue weighted by atomic mass is 10.1. The Labute approximate surface area is 195 Å². The van der Waals surface area contributed by atoms with E-state index >= 15 is 0 Å². The molecule has 33 heavy (non-hydrogen) atoms. The van der Waals surface area contributed by atoms with Crippen LogP contribution in [0.2, 0.25) is 0 Å². The molecule has 0 aliphatic carbocycles. The van der Waals surface area contributed by atoms with Gasteiger partial charge < -0.3 is 10.2 Å². The Balaban J connectivity index is 1.56. The van der Waals surface area contributed by atoms with Crippen LogP contribution in [0.15, 0.2) is 47.4 Å². The number of nitrogens with one attached hydrogen (secondary N) is 1. The van der Waals surface area contributed by atoms with Crippen LogP contribution in [0.4, 0.5) is 10.1 Å². The first kappa shape index (κ1) is 23.7. The second kappa shape index (κ2) is 10.7. The second-order valence-corrected chi connectivity index (χ2v) is 10.8. The molecule has 1 amide bonds. The van der Waals surface area contributed by atoms with Crippen LogP contribution in [0.25, 0.3) is 0 Å². The molecule has 2 aromatic carbocycles. The summed E-state index contributed by atoms with van der Waals surface area (Å²) in [5, 5.41) is 2.93. The van der Waals surface area contributed by atoms with Crippen LogP contribution < -0.4 is 10.2 Å². The SMILES string of the molecule is O=C(NCCc1ccc(F)cc1)c1cc(S(=O)(=O)N2CCCCC2)ccc1N1CCCCC1. The second-order valence-electron chi connectivity index (χ2n) is 8.82. The average molecular weight is 474 g/mol. The number of nitrogens with zero attached hydrogens (tertiary/aromatic N) is 2. The first-order valence-electron chi connectivity index (χ1n) is 11.9. The Bertz CT molecular complexity index is 1060. The summed E-state index contributed by atoms with van der Waals surface area (Å²) in [5.41, 5.74) is 2.11. The number of amides is 1. The molecule has 2 fully saturated rings. The number of carbonyl (C=O) groups is 1. The predicted molar refractivity (Wildman–Crippen MR) is 128 cm³/mol. The molecule has 2 aliphatic rings. The van der Waals surface area contributed by atoms with Gasteiger partial charge in [0.1, 0.15) is 5.82 Å². The van der Waals surface area contributed by atoms with E-state index in [4.69, 9.17) is 0 Å². The van der Waals surface area contributed by atoms with Crippen molar-refractivity contribution in [3.63, 3.8) is 0 Å². The van der Waals surface area contributed by atoms with Gasteiger partial charge in [-0.1, -0.05) is 18.6 Å². The summed E-state index contributed by atoms with van der Waals surface area (Å²) >= 11 is 0. The van der Waals surface area contributed by atoms with Gasteiger partial charge in [-0.25, -0.2) is 12.8 Å². The molecule has 2 heterocycles. The molecule has 1 N–H and O–H groups in total. The maximum atomic E-state index is 13.2. The van der Waals surface area contributed by atoms with E-state index < -0.39 is 10.0 Å². The van der Waals surface area contributed by atoms with Crippen LogP contribution >= 0.6 is 0 Å². The van der Waals surface area contributed by atoms with Gasteiger partial charge in [0, 0.05) is 38.4 Å². The van der Waals surface area contributed by atoms with E-state index in [-0.39, 0.29) is 16.6 Å². The van der Waals surface area contributed by atoms with Crippen molar-refractivity contribution in [2.24, 2.45) is 0 Å². The standard InChI is InChI=1S/C25H32FN3O3S/c26-21-9-7-20(8-10-21)13-14-27-25(30)23-19-22(33(31,32)29-17-5-2-6-18-29)11-12-24(23)28-15-3-1-4-16-28/h7-12,19H,1-6,13-18H2,(H,27,30). The zero-order valence-electron chi connectivity index (χ0n) is 18.9. The minimum atomic E-state index is -3.63. The molecule has 0 saturated carbocycles. The molecular formula is C25H32FN3O3S. The third-order valence-electron chi connectivity index (χ3n) is 6.47. The van der Waals surface area contributed by atoms with Gasteiger partial charge in [0.25, 0.3) is 5.91 Å². The van der Waals surface area contributed by atoms with Crippen LogP contribution in [-0.4, -0.2) is 51.4 Å². The molecule has 2 aromatic rings. The summed E-state index contributed by atoms with van der Waals surface area (Å²) in [7, 11) is -3.63. The highest BCUT2D eigenvalue weighted by Gasteiger charge is 2.28. The van der Waals surface area contributed by atoms with Crippen molar-refractivity contribution in [1.82, 2.24) is 9.62 Å². The van der Waals surface area contributed by atoms with Crippen LogP contribution in [0, 0.1) is 5.82 Å². The molecule has 178 valence electrons. The summed E-state index contributed by atoms with van der Waals surface area (Å²) in [4.78, 5) is 15.6. The lowest BCUT2D eigenvalue weighted by molar-refractivity contribution is 0.0954. The van der Waals surface area contributed by atoms with E-state index in [0.29, 0.717) is 31.6 Å². The highest BCUT2D eigenvalue weighted by atomic mass is 32.2. The fourth-order valence-electron chi connectivity index (χ4n) is 4.59. The van der Waals surface area contributed by atoms with Gasteiger partial charge in [-0.15, -0.1) is 0 Å². The summed E-state index contributed by atoms with van der Waals surface area (Å²) in [6, 6.07) is 11.2. The number of anilines is 1. The van der Waals surface area contributed by atoms with Crippen molar-refractivity contribution in [3.8, 4) is 0 Å². The number of rotatable bonds is 7. The number of benzene rings is 2. The van der Waals surface area contributed by atoms with Crippen molar-refractivity contribution in [1.29, 1.82) is 0 Å².